The van der Waals surface area contributed by atoms with Crippen LogP contribution in [0, 0.1) is 0 Å². The van der Waals surface area contributed by atoms with Crippen molar-refractivity contribution in [2.45, 2.75) is 50.9 Å². The highest BCUT2D eigenvalue weighted by Crippen LogP contribution is 2.39. The van der Waals surface area contributed by atoms with Crippen LogP contribution in [-0.4, -0.2) is 29.0 Å². The van der Waals surface area contributed by atoms with Gasteiger partial charge in [-0.2, -0.15) is 0 Å². The van der Waals surface area contributed by atoms with E-state index in [-0.39, 0.29) is 18.8 Å². The van der Waals surface area contributed by atoms with E-state index in [0.717, 1.165) is 27.6 Å². The molecule has 0 saturated carbocycles. The van der Waals surface area contributed by atoms with Crippen LogP contribution in [0.2, 0.25) is 4.34 Å². The van der Waals surface area contributed by atoms with Gasteiger partial charge in [0.1, 0.15) is 0 Å². The molecule has 0 aliphatic carbocycles. The number of thiophene rings is 1. The molecular weight excluding hydrogens is 344 g/mol. The molecule has 1 aromatic carbocycles. The lowest BCUT2D eigenvalue weighted by atomic mass is 9.99. The van der Waals surface area contributed by atoms with Crippen molar-refractivity contribution in [3.05, 3.63) is 56.2 Å². The Morgan fingerprint density at radius 3 is 2.58 bits per heavy atom. The molecule has 3 unspecified atom stereocenters. The van der Waals surface area contributed by atoms with Gasteiger partial charge in [0, 0.05) is 17.7 Å². The van der Waals surface area contributed by atoms with E-state index < -0.39 is 6.10 Å². The molecule has 2 N–H and O–H groups in total. The molecule has 2 aromatic rings. The quantitative estimate of drug-likeness (QED) is 0.836. The van der Waals surface area contributed by atoms with Gasteiger partial charge in [-0.05, 0) is 35.6 Å². The normalized spacial score (nSPS) is 24.2. The second kappa shape index (κ2) is 7.98. The van der Waals surface area contributed by atoms with Crippen LogP contribution in [0.15, 0.2) is 30.3 Å². The predicted molar refractivity (Wildman–Crippen MR) is 97.9 cm³/mol. The van der Waals surface area contributed by atoms with Gasteiger partial charge in [-0.25, -0.2) is 0 Å². The van der Waals surface area contributed by atoms with Crippen molar-refractivity contribution in [2.75, 3.05) is 6.61 Å². The number of aliphatic hydroxyl groups excluding tert-OH is 2. The molecule has 0 amide bonds. The fraction of sp³-hybridized carbons (Fsp3) is 0.474. The van der Waals surface area contributed by atoms with E-state index >= 15 is 0 Å². The lowest BCUT2D eigenvalue weighted by Gasteiger charge is -2.31. The second-order valence-electron chi connectivity index (χ2n) is 6.35. The summed E-state index contributed by atoms with van der Waals surface area (Å²) in [5.74, 6) is 0. The van der Waals surface area contributed by atoms with Gasteiger partial charge in [-0.3, -0.25) is 0 Å². The summed E-state index contributed by atoms with van der Waals surface area (Å²) in [4.78, 5) is 1.03. The minimum Gasteiger partial charge on any atom is -0.394 e. The van der Waals surface area contributed by atoms with Crippen LogP contribution in [0.25, 0.3) is 0 Å². The summed E-state index contributed by atoms with van der Waals surface area (Å²) < 4.78 is 6.65. The first-order valence-electron chi connectivity index (χ1n) is 8.39. The Morgan fingerprint density at radius 1 is 1.21 bits per heavy atom. The third-order valence-electron chi connectivity index (χ3n) is 4.50. The average Bonchev–Trinajstić information content (AvgIpc) is 2.96. The molecule has 0 bridgehead atoms. The van der Waals surface area contributed by atoms with Crippen LogP contribution in [0.3, 0.4) is 0 Å². The van der Waals surface area contributed by atoms with Gasteiger partial charge in [0.15, 0.2) is 0 Å². The number of aliphatic hydroxyl groups is 2. The van der Waals surface area contributed by atoms with Gasteiger partial charge in [-0.15, -0.1) is 11.3 Å². The second-order valence-corrected chi connectivity index (χ2v) is 8.03. The molecule has 3 atom stereocenters. The Morgan fingerprint density at radius 2 is 1.92 bits per heavy atom. The Balaban J connectivity index is 1.74. The Bertz CT molecular complexity index is 668. The first kappa shape index (κ1) is 17.9. The Labute approximate surface area is 151 Å². The molecule has 1 saturated heterocycles. The van der Waals surface area contributed by atoms with Crippen molar-refractivity contribution in [3.8, 4) is 0 Å². The smallest absolute Gasteiger partial charge is 0.0967 e. The molecule has 2 heterocycles. The van der Waals surface area contributed by atoms with Gasteiger partial charge in [0.2, 0.25) is 0 Å². The Kier molecular flexibility index (Phi) is 5.95. The van der Waals surface area contributed by atoms with Gasteiger partial charge >= 0.3 is 0 Å². The summed E-state index contributed by atoms with van der Waals surface area (Å²) in [7, 11) is 0. The standard InChI is InChI=1S/C19H23ClO3S/c1-2-12-3-5-13(6-4-12)7-14-8-18(24-19(14)20)17-10-15(22)9-16(11-21)23-17/h3-6,8,15-17,21-22H,2,7,9-11H2,1H3. The van der Waals surface area contributed by atoms with Crippen LogP contribution in [0.1, 0.15) is 47.4 Å². The molecule has 0 spiro atoms. The molecule has 3 rings (SSSR count). The number of halogens is 1. The van der Waals surface area contributed by atoms with Gasteiger partial charge in [0.25, 0.3) is 0 Å². The minimum absolute atomic E-state index is 0.0662. The van der Waals surface area contributed by atoms with E-state index in [1.165, 1.54) is 22.5 Å². The largest absolute Gasteiger partial charge is 0.394 e. The average molecular weight is 367 g/mol. The number of rotatable bonds is 5. The summed E-state index contributed by atoms with van der Waals surface area (Å²) in [5.41, 5.74) is 3.65. The molecule has 130 valence electrons. The minimum atomic E-state index is -0.438. The third-order valence-corrected chi connectivity index (χ3v) is 6.03. The zero-order valence-corrected chi connectivity index (χ0v) is 15.3. The summed E-state index contributed by atoms with van der Waals surface area (Å²) in [6.07, 6.45) is 1.94. The number of ether oxygens (including phenoxy) is 1. The van der Waals surface area contributed by atoms with Gasteiger partial charge in [-0.1, -0.05) is 42.8 Å². The highest BCUT2D eigenvalue weighted by Gasteiger charge is 2.30. The van der Waals surface area contributed by atoms with Gasteiger partial charge in [0.05, 0.1) is 29.3 Å². The molecule has 1 fully saturated rings. The first-order chi connectivity index (χ1) is 11.6. The monoisotopic (exact) mass is 366 g/mol. The molecule has 1 aliphatic heterocycles. The van der Waals surface area contributed by atoms with E-state index in [4.69, 9.17) is 16.3 Å². The first-order valence-corrected chi connectivity index (χ1v) is 9.58. The summed E-state index contributed by atoms with van der Waals surface area (Å²) in [6, 6.07) is 10.7. The molecular formula is C19H23ClO3S. The number of aryl methyl sites for hydroxylation is 1. The van der Waals surface area contributed by atoms with Crippen LogP contribution in [0.5, 0.6) is 0 Å². The summed E-state index contributed by atoms with van der Waals surface area (Å²) >= 11 is 7.94. The lowest BCUT2D eigenvalue weighted by Crippen LogP contribution is -2.33. The van der Waals surface area contributed by atoms with Crippen LogP contribution < -0.4 is 0 Å². The predicted octanol–water partition coefficient (Wildman–Crippen LogP) is 4.13. The summed E-state index contributed by atoms with van der Waals surface area (Å²) in [5, 5.41) is 19.3. The zero-order chi connectivity index (χ0) is 17.1. The number of hydrogen-bond donors (Lipinski definition) is 2. The molecule has 3 nitrogen and oxygen atoms in total. The van der Waals surface area contributed by atoms with Crippen LogP contribution >= 0.6 is 22.9 Å². The fourth-order valence-corrected chi connectivity index (χ4v) is 4.45. The van der Waals surface area contributed by atoms with Crippen molar-refractivity contribution in [3.63, 3.8) is 0 Å². The van der Waals surface area contributed by atoms with E-state index in [2.05, 4.69) is 37.3 Å². The van der Waals surface area contributed by atoms with Crippen molar-refractivity contribution in [1.29, 1.82) is 0 Å². The highest BCUT2D eigenvalue weighted by molar-refractivity contribution is 7.16. The van der Waals surface area contributed by atoms with Crippen molar-refractivity contribution >= 4 is 22.9 Å². The number of benzene rings is 1. The van der Waals surface area contributed by atoms with Crippen molar-refractivity contribution in [1.82, 2.24) is 0 Å². The summed E-state index contributed by atoms with van der Waals surface area (Å²) in [6.45, 7) is 2.08. The lowest BCUT2D eigenvalue weighted by molar-refractivity contribution is -0.112. The van der Waals surface area contributed by atoms with Crippen molar-refractivity contribution in [2.24, 2.45) is 0 Å². The highest BCUT2D eigenvalue weighted by atomic mass is 35.5. The third kappa shape index (κ3) is 4.19. The zero-order valence-electron chi connectivity index (χ0n) is 13.7. The van der Waals surface area contributed by atoms with Crippen LogP contribution in [-0.2, 0) is 17.6 Å². The van der Waals surface area contributed by atoms with E-state index in [0.29, 0.717) is 12.8 Å². The number of hydrogen-bond acceptors (Lipinski definition) is 4. The maximum Gasteiger partial charge on any atom is 0.0967 e. The molecule has 24 heavy (non-hydrogen) atoms. The maximum absolute atomic E-state index is 9.98. The molecule has 0 radical (unpaired) electrons. The van der Waals surface area contributed by atoms with Crippen molar-refractivity contribution < 1.29 is 14.9 Å². The SMILES string of the molecule is CCc1ccc(Cc2cc(C3CC(O)CC(CO)O3)sc2Cl)cc1. The maximum atomic E-state index is 9.98. The molecule has 1 aromatic heterocycles. The Hall–Kier alpha value is -0.910. The molecule has 1 aliphatic rings. The van der Waals surface area contributed by atoms with Gasteiger partial charge < -0.3 is 14.9 Å². The van der Waals surface area contributed by atoms with E-state index in [1.807, 2.05) is 0 Å². The molecule has 5 heteroatoms. The van der Waals surface area contributed by atoms with E-state index in [9.17, 15) is 10.2 Å². The van der Waals surface area contributed by atoms with Crippen LogP contribution in [0.4, 0.5) is 0 Å². The fourth-order valence-electron chi connectivity index (χ4n) is 3.11. The van der Waals surface area contributed by atoms with E-state index in [1.54, 1.807) is 0 Å². The topological polar surface area (TPSA) is 49.7 Å².